The molecule has 0 amide bonds. The highest BCUT2D eigenvalue weighted by Gasteiger charge is 2.54. The lowest BCUT2D eigenvalue weighted by molar-refractivity contribution is -0.163. The van der Waals surface area contributed by atoms with Crippen molar-refractivity contribution >= 4 is 23.3 Å². The number of nitrogens with zero attached hydrogens (tertiary/aromatic N) is 1. The fourth-order valence-corrected chi connectivity index (χ4v) is 4.86. The van der Waals surface area contributed by atoms with E-state index in [1.165, 1.54) is 7.11 Å². The minimum atomic E-state index is -0.919. The molecule has 164 valence electrons. The molecule has 0 spiro atoms. The van der Waals surface area contributed by atoms with Gasteiger partial charge in [-0.05, 0) is 39.5 Å². The molecule has 1 N–H and O–H groups in total. The summed E-state index contributed by atoms with van der Waals surface area (Å²) in [4.78, 5) is 31.2. The van der Waals surface area contributed by atoms with Crippen LogP contribution in [0, 0.1) is 11.8 Å². The number of methoxy groups -OCH3 is 2. The van der Waals surface area contributed by atoms with Crippen LogP contribution in [0.25, 0.3) is 0 Å². The van der Waals surface area contributed by atoms with Gasteiger partial charge in [0, 0.05) is 25.8 Å². The van der Waals surface area contributed by atoms with Crippen molar-refractivity contribution in [1.29, 1.82) is 0 Å². The molecule has 1 fully saturated rings. The zero-order valence-corrected chi connectivity index (χ0v) is 19.4. The van der Waals surface area contributed by atoms with E-state index in [0.717, 1.165) is 9.88 Å². The Hall–Kier alpha value is -1.51. The first-order valence-electron chi connectivity index (χ1n) is 10.0. The SMILES string of the molecule is COCc1cnc(C[C@@H]2N[C@](CC(C)C)(C(=O)OC(C)(C)C)C[C@@H]2C(=O)OC)s1. The number of esters is 2. The predicted molar refractivity (Wildman–Crippen MR) is 112 cm³/mol. The molecule has 1 aliphatic heterocycles. The van der Waals surface area contributed by atoms with Gasteiger partial charge < -0.3 is 14.2 Å². The Bertz CT molecular complexity index is 712. The van der Waals surface area contributed by atoms with Crippen molar-refractivity contribution in [3.05, 3.63) is 16.1 Å². The zero-order chi connectivity index (χ0) is 21.8. The molecule has 0 radical (unpaired) electrons. The van der Waals surface area contributed by atoms with Gasteiger partial charge >= 0.3 is 11.9 Å². The van der Waals surface area contributed by atoms with Crippen LogP contribution in [0.4, 0.5) is 0 Å². The van der Waals surface area contributed by atoms with E-state index in [9.17, 15) is 9.59 Å². The third-order valence-corrected chi connectivity index (χ3v) is 5.84. The number of carbonyl (C=O) groups is 2. The average Bonchev–Trinajstić information content (AvgIpc) is 3.18. The summed E-state index contributed by atoms with van der Waals surface area (Å²) in [5.41, 5.74) is -1.52. The van der Waals surface area contributed by atoms with Gasteiger partial charge in [0.25, 0.3) is 0 Å². The van der Waals surface area contributed by atoms with Crippen LogP contribution >= 0.6 is 11.3 Å². The van der Waals surface area contributed by atoms with Crippen molar-refractivity contribution in [1.82, 2.24) is 10.3 Å². The topological polar surface area (TPSA) is 86.8 Å². The van der Waals surface area contributed by atoms with Crippen molar-refractivity contribution in [3.63, 3.8) is 0 Å². The summed E-state index contributed by atoms with van der Waals surface area (Å²) in [6.45, 7) is 10.2. The van der Waals surface area contributed by atoms with E-state index in [-0.39, 0.29) is 23.9 Å². The third-order valence-electron chi connectivity index (χ3n) is 4.85. The van der Waals surface area contributed by atoms with E-state index < -0.39 is 17.1 Å². The molecule has 1 aromatic rings. The van der Waals surface area contributed by atoms with Crippen molar-refractivity contribution in [2.75, 3.05) is 14.2 Å². The normalized spacial score (nSPS) is 24.7. The van der Waals surface area contributed by atoms with Crippen LogP contribution < -0.4 is 5.32 Å². The molecule has 3 atom stereocenters. The summed E-state index contributed by atoms with van der Waals surface area (Å²) in [5.74, 6) is -0.819. The Kier molecular flexibility index (Phi) is 7.81. The number of aromatic nitrogens is 1. The van der Waals surface area contributed by atoms with Crippen molar-refractivity contribution in [3.8, 4) is 0 Å². The number of hydrogen-bond donors (Lipinski definition) is 1. The maximum absolute atomic E-state index is 13.2. The van der Waals surface area contributed by atoms with E-state index in [4.69, 9.17) is 14.2 Å². The van der Waals surface area contributed by atoms with Crippen LogP contribution in [0.1, 0.15) is 57.3 Å². The average molecular weight is 427 g/mol. The summed E-state index contributed by atoms with van der Waals surface area (Å²) in [6.07, 6.45) is 3.27. The largest absolute Gasteiger partial charge is 0.469 e. The second-order valence-electron chi connectivity index (χ2n) is 9.12. The molecule has 8 heteroatoms. The molecule has 1 aromatic heterocycles. The van der Waals surface area contributed by atoms with Gasteiger partial charge in [-0.15, -0.1) is 11.3 Å². The van der Waals surface area contributed by atoms with Gasteiger partial charge in [-0.2, -0.15) is 0 Å². The first-order chi connectivity index (χ1) is 13.5. The fourth-order valence-electron chi connectivity index (χ4n) is 3.90. The van der Waals surface area contributed by atoms with Crippen LogP contribution in [0.3, 0.4) is 0 Å². The highest BCUT2D eigenvalue weighted by Crippen LogP contribution is 2.38. The first-order valence-corrected chi connectivity index (χ1v) is 10.8. The first kappa shape index (κ1) is 23.8. The summed E-state index contributed by atoms with van der Waals surface area (Å²) in [6, 6.07) is -0.254. The molecule has 29 heavy (non-hydrogen) atoms. The van der Waals surface area contributed by atoms with Gasteiger partial charge in [-0.3, -0.25) is 14.9 Å². The van der Waals surface area contributed by atoms with Gasteiger partial charge in [0.15, 0.2) is 0 Å². The highest BCUT2D eigenvalue weighted by atomic mass is 32.1. The number of ether oxygens (including phenoxy) is 3. The smallest absolute Gasteiger partial charge is 0.326 e. The van der Waals surface area contributed by atoms with Gasteiger partial charge in [0.2, 0.25) is 0 Å². The Balaban J connectivity index is 2.30. The molecule has 2 rings (SSSR count). The van der Waals surface area contributed by atoms with Crippen LogP contribution in [0.15, 0.2) is 6.20 Å². The molecule has 0 unspecified atom stereocenters. The van der Waals surface area contributed by atoms with Crippen LogP contribution in [0.5, 0.6) is 0 Å². The summed E-state index contributed by atoms with van der Waals surface area (Å²) >= 11 is 1.55. The summed E-state index contributed by atoms with van der Waals surface area (Å²) < 4.78 is 16.0. The van der Waals surface area contributed by atoms with Crippen LogP contribution in [-0.4, -0.2) is 48.3 Å². The Morgan fingerprint density at radius 1 is 1.34 bits per heavy atom. The number of thiazole rings is 1. The molecular formula is C21H34N2O5S. The molecule has 2 heterocycles. The van der Waals surface area contributed by atoms with Gasteiger partial charge in [0.1, 0.15) is 11.1 Å². The maximum atomic E-state index is 13.2. The minimum Gasteiger partial charge on any atom is -0.469 e. The second kappa shape index (κ2) is 9.53. The Morgan fingerprint density at radius 2 is 2.03 bits per heavy atom. The summed E-state index contributed by atoms with van der Waals surface area (Å²) in [5, 5.41) is 4.37. The lowest BCUT2D eigenvalue weighted by Crippen LogP contribution is -2.53. The maximum Gasteiger partial charge on any atom is 0.326 e. The third kappa shape index (κ3) is 6.23. The van der Waals surface area contributed by atoms with E-state index in [0.29, 0.717) is 25.9 Å². The van der Waals surface area contributed by atoms with E-state index in [1.807, 2.05) is 20.8 Å². The Labute approximate surface area is 177 Å². The quantitative estimate of drug-likeness (QED) is 0.639. The van der Waals surface area contributed by atoms with Crippen molar-refractivity contribution in [2.24, 2.45) is 11.8 Å². The number of hydrogen-bond acceptors (Lipinski definition) is 8. The van der Waals surface area contributed by atoms with Crippen LogP contribution in [-0.2, 0) is 36.8 Å². The molecule has 0 bridgehead atoms. The minimum absolute atomic E-state index is 0.250. The zero-order valence-electron chi connectivity index (χ0n) is 18.5. The van der Waals surface area contributed by atoms with E-state index >= 15 is 0 Å². The standard InChI is InChI=1S/C21H34N2O5S/c1-13(2)9-21(19(25)28-20(3,4)5)10-15(18(24)27-7)16(23-21)8-17-22-11-14(29-17)12-26-6/h11,13,15-16,23H,8-10,12H2,1-7H3/t15-,16-,21-/m0/s1. The second-order valence-corrected chi connectivity index (χ2v) is 10.3. The molecule has 1 aliphatic rings. The molecule has 7 nitrogen and oxygen atoms in total. The molecule has 0 aromatic carbocycles. The number of nitrogens with one attached hydrogen (secondary N) is 1. The lowest BCUT2D eigenvalue weighted by Gasteiger charge is -2.33. The fraction of sp³-hybridized carbons (Fsp3) is 0.762. The number of rotatable bonds is 8. The van der Waals surface area contributed by atoms with Gasteiger partial charge in [-0.1, -0.05) is 13.8 Å². The molecule has 0 aliphatic carbocycles. The number of carbonyl (C=O) groups excluding carboxylic acids is 2. The molecule has 0 saturated carbocycles. The molecular weight excluding hydrogens is 392 g/mol. The summed E-state index contributed by atoms with van der Waals surface area (Å²) in [7, 11) is 3.03. The van der Waals surface area contributed by atoms with E-state index in [1.54, 1.807) is 24.6 Å². The lowest BCUT2D eigenvalue weighted by atomic mass is 9.84. The Morgan fingerprint density at radius 3 is 2.59 bits per heavy atom. The van der Waals surface area contributed by atoms with Crippen molar-refractivity contribution < 1.29 is 23.8 Å². The highest BCUT2D eigenvalue weighted by molar-refractivity contribution is 7.11. The van der Waals surface area contributed by atoms with Crippen LogP contribution in [0.2, 0.25) is 0 Å². The van der Waals surface area contributed by atoms with E-state index in [2.05, 4.69) is 24.1 Å². The monoisotopic (exact) mass is 426 g/mol. The van der Waals surface area contributed by atoms with Gasteiger partial charge in [0.05, 0.1) is 29.5 Å². The van der Waals surface area contributed by atoms with Crippen molar-refractivity contribution in [2.45, 2.75) is 77.7 Å². The molecule has 1 saturated heterocycles. The van der Waals surface area contributed by atoms with Gasteiger partial charge in [-0.25, -0.2) is 4.98 Å². The predicted octanol–water partition coefficient (Wildman–Crippen LogP) is 3.11.